The number of nitrogens with two attached hydrogens (primary N) is 1. The molecule has 0 amide bonds. The minimum atomic E-state index is 0.344. The van der Waals surface area contributed by atoms with E-state index in [4.69, 9.17) is 10.9 Å². The van der Waals surface area contributed by atoms with Crippen LogP contribution < -0.4 is 11.3 Å². The average molecular weight is 294 g/mol. The Balaban J connectivity index is 2.39. The lowest BCUT2D eigenvalue weighted by Gasteiger charge is -2.15. The lowest BCUT2D eigenvalue weighted by atomic mass is 10.0. The zero-order chi connectivity index (χ0) is 15.5. The van der Waals surface area contributed by atoms with Gasteiger partial charge in [0.25, 0.3) is 0 Å². The smallest absolute Gasteiger partial charge is 0.0640 e. The Kier molecular flexibility index (Phi) is 9.35. The second kappa shape index (κ2) is 10.8. The van der Waals surface area contributed by atoms with Gasteiger partial charge in [0, 0.05) is 18.7 Å². The maximum atomic E-state index is 5.70. The first-order chi connectivity index (χ1) is 10.2. The van der Waals surface area contributed by atoms with Gasteiger partial charge < -0.3 is 0 Å². The zero-order valence-electron chi connectivity index (χ0n) is 14.1. The third-order valence-corrected chi connectivity index (χ3v) is 4.33. The monoisotopic (exact) mass is 294 g/mol. The number of unbranched alkanes of at least 4 members (excludes halogenated alkanes) is 4. The summed E-state index contributed by atoms with van der Waals surface area (Å²) < 4.78 is 2.12. The molecule has 1 heterocycles. The fraction of sp³-hybridized carbons (Fsp3) is 0.824. The van der Waals surface area contributed by atoms with Crippen molar-refractivity contribution in [2.45, 2.75) is 90.6 Å². The van der Waals surface area contributed by atoms with Gasteiger partial charge in [0.1, 0.15) is 0 Å². The van der Waals surface area contributed by atoms with Crippen LogP contribution in [-0.4, -0.2) is 15.8 Å². The summed E-state index contributed by atoms with van der Waals surface area (Å²) >= 11 is 0. The van der Waals surface area contributed by atoms with Gasteiger partial charge in [0.2, 0.25) is 0 Å². The quantitative estimate of drug-likeness (QED) is 0.348. The Bertz CT molecular complexity index is 357. The summed E-state index contributed by atoms with van der Waals surface area (Å²) in [5, 5.41) is 4.72. The van der Waals surface area contributed by atoms with Gasteiger partial charge in [-0.05, 0) is 25.3 Å². The molecule has 1 aromatic rings. The first kappa shape index (κ1) is 18.2. The number of nitrogens with zero attached hydrogens (tertiary/aromatic N) is 2. The molecule has 4 heteroatoms. The molecule has 0 spiro atoms. The van der Waals surface area contributed by atoms with Gasteiger partial charge in [-0.15, -0.1) is 0 Å². The summed E-state index contributed by atoms with van der Waals surface area (Å²) in [6, 6.07) is 3.01. The van der Waals surface area contributed by atoms with Crippen molar-refractivity contribution in [3.8, 4) is 0 Å². The van der Waals surface area contributed by atoms with Gasteiger partial charge in [-0.25, -0.2) is 0 Å². The maximum Gasteiger partial charge on any atom is 0.0640 e. The molecule has 1 rings (SSSR count). The van der Waals surface area contributed by atoms with Crippen molar-refractivity contribution in [2.24, 2.45) is 5.84 Å². The minimum absolute atomic E-state index is 0.344. The summed E-state index contributed by atoms with van der Waals surface area (Å²) in [6.45, 7) is 6.69. The third-order valence-electron chi connectivity index (χ3n) is 4.33. The van der Waals surface area contributed by atoms with E-state index in [1.807, 2.05) is 0 Å². The highest BCUT2D eigenvalue weighted by Gasteiger charge is 2.12. The molecule has 0 saturated heterocycles. The predicted octanol–water partition coefficient (Wildman–Crippen LogP) is 3.98. The van der Waals surface area contributed by atoms with E-state index in [1.54, 1.807) is 0 Å². The van der Waals surface area contributed by atoms with Gasteiger partial charge in [0.15, 0.2) is 0 Å². The van der Waals surface area contributed by atoms with E-state index < -0.39 is 0 Å². The summed E-state index contributed by atoms with van der Waals surface area (Å²) in [7, 11) is 0. The van der Waals surface area contributed by atoms with Crippen molar-refractivity contribution < 1.29 is 0 Å². The van der Waals surface area contributed by atoms with Crippen LogP contribution >= 0.6 is 0 Å². The Morgan fingerprint density at radius 2 is 1.86 bits per heavy atom. The van der Waals surface area contributed by atoms with Crippen molar-refractivity contribution in [2.75, 3.05) is 0 Å². The van der Waals surface area contributed by atoms with Gasteiger partial charge in [-0.3, -0.25) is 16.0 Å². The van der Waals surface area contributed by atoms with Crippen molar-refractivity contribution >= 4 is 0 Å². The molecular weight excluding hydrogens is 260 g/mol. The van der Waals surface area contributed by atoms with Crippen LogP contribution in [0.5, 0.6) is 0 Å². The molecule has 0 radical (unpaired) electrons. The summed E-state index contributed by atoms with van der Waals surface area (Å²) in [6.07, 6.45) is 13.0. The van der Waals surface area contributed by atoms with Crippen molar-refractivity contribution in [3.63, 3.8) is 0 Å². The maximum absolute atomic E-state index is 5.70. The molecule has 0 aliphatic heterocycles. The SMILES string of the molecule is CCCCCCCC(Cc1ccn(C(CC)CC)n1)NN. The van der Waals surface area contributed by atoms with E-state index in [-0.39, 0.29) is 0 Å². The molecule has 0 fully saturated rings. The highest BCUT2D eigenvalue weighted by atomic mass is 15.3. The largest absolute Gasteiger partial charge is 0.271 e. The summed E-state index contributed by atoms with van der Waals surface area (Å²) in [4.78, 5) is 0. The minimum Gasteiger partial charge on any atom is -0.271 e. The Morgan fingerprint density at radius 1 is 1.14 bits per heavy atom. The second-order valence-electron chi connectivity index (χ2n) is 6.03. The van der Waals surface area contributed by atoms with Crippen LogP contribution in [0.3, 0.4) is 0 Å². The van der Waals surface area contributed by atoms with Crippen LogP contribution in [0.15, 0.2) is 12.3 Å². The van der Waals surface area contributed by atoms with Gasteiger partial charge in [0.05, 0.1) is 11.7 Å². The summed E-state index contributed by atoms with van der Waals surface area (Å²) in [5.74, 6) is 5.70. The van der Waals surface area contributed by atoms with Crippen molar-refractivity contribution in [3.05, 3.63) is 18.0 Å². The van der Waals surface area contributed by atoms with Gasteiger partial charge >= 0.3 is 0 Å². The molecule has 1 aromatic heterocycles. The Labute approximate surface area is 130 Å². The van der Waals surface area contributed by atoms with E-state index in [9.17, 15) is 0 Å². The van der Waals surface area contributed by atoms with E-state index >= 15 is 0 Å². The molecule has 122 valence electrons. The molecule has 3 N–H and O–H groups in total. The molecule has 1 atom stereocenters. The highest BCUT2D eigenvalue weighted by molar-refractivity contribution is 5.02. The topological polar surface area (TPSA) is 55.9 Å². The molecule has 1 unspecified atom stereocenters. The molecule has 4 nitrogen and oxygen atoms in total. The fourth-order valence-electron chi connectivity index (χ4n) is 2.84. The summed E-state index contributed by atoms with van der Waals surface area (Å²) in [5.41, 5.74) is 4.11. The standard InChI is InChI=1S/C17H34N4/c1-4-7-8-9-10-11-15(19-18)14-16-12-13-21(20-16)17(5-2)6-3/h12-13,15,17,19H,4-11,14,18H2,1-3H3. The lowest BCUT2D eigenvalue weighted by molar-refractivity contribution is 0.417. The second-order valence-corrected chi connectivity index (χ2v) is 6.03. The van der Waals surface area contributed by atoms with Crippen molar-refractivity contribution in [1.82, 2.24) is 15.2 Å². The number of aromatic nitrogens is 2. The van der Waals surface area contributed by atoms with Crippen LogP contribution in [0.4, 0.5) is 0 Å². The van der Waals surface area contributed by atoms with E-state index in [0.717, 1.165) is 31.4 Å². The normalized spacial score (nSPS) is 13.0. The number of hydrazine groups is 1. The van der Waals surface area contributed by atoms with Crippen molar-refractivity contribution in [1.29, 1.82) is 0 Å². The Morgan fingerprint density at radius 3 is 2.48 bits per heavy atom. The van der Waals surface area contributed by atoms with Gasteiger partial charge in [-0.1, -0.05) is 52.9 Å². The molecule has 0 aliphatic rings. The average Bonchev–Trinajstić information content (AvgIpc) is 2.95. The molecule has 21 heavy (non-hydrogen) atoms. The van der Waals surface area contributed by atoms with Crippen LogP contribution in [-0.2, 0) is 6.42 Å². The van der Waals surface area contributed by atoms with Crippen LogP contribution in [0.1, 0.15) is 83.9 Å². The fourth-order valence-corrected chi connectivity index (χ4v) is 2.84. The lowest BCUT2D eigenvalue weighted by Crippen LogP contribution is -2.36. The van der Waals surface area contributed by atoms with Crippen LogP contribution in [0.2, 0.25) is 0 Å². The Hall–Kier alpha value is -0.870. The molecule has 0 saturated carbocycles. The van der Waals surface area contributed by atoms with Crippen LogP contribution in [0, 0.1) is 0 Å². The third kappa shape index (κ3) is 6.62. The molecule has 0 aromatic carbocycles. The van der Waals surface area contributed by atoms with Gasteiger partial charge in [-0.2, -0.15) is 5.10 Å². The zero-order valence-corrected chi connectivity index (χ0v) is 14.1. The van der Waals surface area contributed by atoms with E-state index in [1.165, 1.54) is 32.1 Å². The number of hydrogen-bond donors (Lipinski definition) is 2. The van der Waals surface area contributed by atoms with E-state index in [2.05, 4.69) is 43.1 Å². The first-order valence-corrected chi connectivity index (χ1v) is 8.75. The molecule has 0 aliphatic carbocycles. The molecule has 0 bridgehead atoms. The first-order valence-electron chi connectivity index (χ1n) is 8.75. The molecular formula is C17H34N4. The highest BCUT2D eigenvalue weighted by Crippen LogP contribution is 2.16. The predicted molar refractivity (Wildman–Crippen MR) is 90.0 cm³/mol. The number of rotatable bonds is 12. The number of nitrogens with one attached hydrogen (secondary N) is 1. The van der Waals surface area contributed by atoms with E-state index in [0.29, 0.717) is 12.1 Å². The number of hydrogen-bond acceptors (Lipinski definition) is 3. The van der Waals surface area contributed by atoms with Crippen LogP contribution in [0.25, 0.3) is 0 Å².